The zero-order chi connectivity index (χ0) is 15.0. The summed E-state index contributed by atoms with van der Waals surface area (Å²) >= 11 is 0. The Morgan fingerprint density at radius 1 is 1.40 bits per heavy atom. The van der Waals surface area contributed by atoms with Gasteiger partial charge in [-0.05, 0) is 50.4 Å². The molecule has 1 saturated carbocycles. The van der Waals surface area contributed by atoms with Crippen LogP contribution in [0.4, 0.5) is 0 Å². The van der Waals surface area contributed by atoms with Crippen molar-refractivity contribution in [3.8, 4) is 0 Å². The van der Waals surface area contributed by atoms with Crippen LogP contribution in [0.2, 0.25) is 0 Å². The summed E-state index contributed by atoms with van der Waals surface area (Å²) in [6, 6.07) is 0.649. The van der Waals surface area contributed by atoms with Gasteiger partial charge in [-0.1, -0.05) is 32.9 Å². The lowest BCUT2D eigenvalue weighted by atomic mass is 9.88. The average molecular weight is 278 g/mol. The predicted octanol–water partition coefficient (Wildman–Crippen LogP) is 3.72. The van der Waals surface area contributed by atoms with E-state index < -0.39 is 0 Å². The Morgan fingerprint density at radius 3 is 2.65 bits per heavy atom. The number of hydrogen-bond acceptors (Lipinski definition) is 3. The number of rotatable bonds is 8. The smallest absolute Gasteiger partial charge is 0.0654 e. The van der Waals surface area contributed by atoms with Crippen molar-refractivity contribution in [1.29, 1.82) is 0 Å². The highest BCUT2D eigenvalue weighted by molar-refractivity contribution is 5.29. The van der Waals surface area contributed by atoms with Crippen LogP contribution < -0.4 is 5.32 Å². The zero-order valence-electron chi connectivity index (χ0n) is 13.5. The minimum Gasteiger partial charge on any atom is -0.374 e. The van der Waals surface area contributed by atoms with E-state index in [1.54, 1.807) is 0 Å². The molecule has 0 radical (unpaired) electrons. The van der Waals surface area contributed by atoms with Crippen molar-refractivity contribution in [2.45, 2.75) is 58.6 Å². The molecule has 1 aliphatic rings. The van der Waals surface area contributed by atoms with E-state index in [1.165, 1.54) is 5.57 Å². The highest BCUT2D eigenvalue weighted by atomic mass is 16.5. The molecular weight excluding hydrogens is 248 g/mol. The SMILES string of the molecule is C=N/C=C(\C=C/CO[C@H]1C[C@@H](NC)C1)CCC(C)(C)C. The molecule has 0 aromatic heterocycles. The first-order chi connectivity index (χ1) is 9.44. The van der Waals surface area contributed by atoms with Gasteiger partial charge in [0, 0.05) is 12.2 Å². The van der Waals surface area contributed by atoms with Gasteiger partial charge in [-0.2, -0.15) is 0 Å². The molecule has 0 aromatic carbocycles. The van der Waals surface area contributed by atoms with Gasteiger partial charge >= 0.3 is 0 Å². The maximum atomic E-state index is 5.78. The van der Waals surface area contributed by atoms with E-state index in [1.807, 2.05) is 13.2 Å². The molecule has 0 aliphatic heterocycles. The Labute approximate surface area is 124 Å². The Balaban J connectivity index is 2.26. The molecule has 0 saturated heterocycles. The molecule has 3 heteroatoms. The van der Waals surface area contributed by atoms with E-state index in [0.717, 1.165) is 25.7 Å². The minimum absolute atomic E-state index is 0.346. The first-order valence-corrected chi connectivity index (χ1v) is 7.55. The van der Waals surface area contributed by atoms with Crippen LogP contribution in [0.3, 0.4) is 0 Å². The fraction of sp³-hybridized carbons (Fsp3) is 0.706. The van der Waals surface area contributed by atoms with E-state index in [9.17, 15) is 0 Å². The van der Waals surface area contributed by atoms with Crippen molar-refractivity contribution in [2.24, 2.45) is 10.4 Å². The Hall–Kier alpha value is -0.930. The van der Waals surface area contributed by atoms with E-state index in [-0.39, 0.29) is 0 Å². The van der Waals surface area contributed by atoms with Gasteiger partial charge in [0.2, 0.25) is 0 Å². The van der Waals surface area contributed by atoms with Gasteiger partial charge in [0.1, 0.15) is 0 Å². The highest BCUT2D eigenvalue weighted by Crippen LogP contribution is 2.24. The molecule has 1 aliphatic carbocycles. The Kier molecular flexibility index (Phi) is 7.17. The number of aliphatic imine (C=N–C) groups is 1. The minimum atomic E-state index is 0.346. The zero-order valence-corrected chi connectivity index (χ0v) is 13.5. The summed E-state index contributed by atoms with van der Waals surface area (Å²) in [6.07, 6.45) is 10.9. The largest absolute Gasteiger partial charge is 0.374 e. The van der Waals surface area contributed by atoms with Crippen LogP contribution in [-0.2, 0) is 4.74 Å². The van der Waals surface area contributed by atoms with Gasteiger partial charge < -0.3 is 10.1 Å². The van der Waals surface area contributed by atoms with Crippen LogP contribution in [0.15, 0.2) is 28.9 Å². The van der Waals surface area contributed by atoms with E-state index in [4.69, 9.17) is 4.74 Å². The van der Waals surface area contributed by atoms with Crippen molar-refractivity contribution >= 4 is 6.72 Å². The molecule has 20 heavy (non-hydrogen) atoms. The van der Waals surface area contributed by atoms with Crippen molar-refractivity contribution in [1.82, 2.24) is 5.32 Å². The molecule has 0 aromatic rings. The lowest BCUT2D eigenvalue weighted by Crippen LogP contribution is -2.43. The highest BCUT2D eigenvalue weighted by Gasteiger charge is 2.27. The monoisotopic (exact) mass is 278 g/mol. The number of nitrogens with one attached hydrogen (secondary N) is 1. The van der Waals surface area contributed by atoms with Crippen molar-refractivity contribution < 1.29 is 4.74 Å². The quantitative estimate of drug-likeness (QED) is 0.542. The molecule has 0 bridgehead atoms. The van der Waals surface area contributed by atoms with Gasteiger partial charge in [-0.15, -0.1) is 0 Å². The molecule has 0 heterocycles. The number of allylic oxidation sites excluding steroid dienone is 2. The third kappa shape index (κ3) is 7.01. The summed E-state index contributed by atoms with van der Waals surface area (Å²) < 4.78 is 5.78. The van der Waals surface area contributed by atoms with Crippen LogP contribution in [-0.4, -0.2) is 32.5 Å². The van der Waals surface area contributed by atoms with Crippen LogP contribution in [0, 0.1) is 5.41 Å². The number of hydrogen-bond donors (Lipinski definition) is 1. The molecular formula is C17H30N2O. The summed E-state index contributed by atoms with van der Waals surface area (Å²) in [5, 5.41) is 3.26. The molecule has 1 fully saturated rings. The van der Waals surface area contributed by atoms with Gasteiger partial charge in [0.25, 0.3) is 0 Å². The molecule has 0 unspecified atom stereocenters. The van der Waals surface area contributed by atoms with Gasteiger partial charge in [0.15, 0.2) is 0 Å². The molecule has 0 amide bonds. The predicted molar refractivity (Wildman–Crippen MR) is 87.3 cm³/mol. The second-order valence-corrected chi connectivity index (χ2v) is 6.76. The van der Waals surface area contributed by atoms with Crippen molar-refractivity contribution in [3.05, 3.63) is 23.9 Å². The maximum Gasteiger partial charge on any atom is 0.0654 e. The maximum absolute atomic E-state index is 5.78. The summed E-state index contributed by atoms with van der Waals surface area (Å²) in [5.41, 5.74) is 1.57. The third-order valence-electron chi connectivity index (χ3n) is 3.68. The fourth-order valence-corrected chi connectivity index (χ4v) is 2.16. The topological polar surface area (TPSA) is 33.6 Å². The summed E-state index contributed by atoms with van der Waals surface area (Å²) in [4.78, 5) is 3.89. The molecule has 3 nitrogen and oxygen atoms in total. The van der Waals surface area contributed by atoms with Crippen molar-refractivity contribution in [3.63, 3.8) is 0 Å². The molecule has 1 rings (SSSR count). The second kappa shape index (κ2) is 8.38. The van der Waals surface area contributed by atoms with Crippen LogP contribution in [0.25, 0.3) is 0 Å². The van der Waals surface area contributed by atoms with E-state index >= 15 is 0 Å². The molecule has 0 atom stereocenters. The normalized spacial score (nSPS) is 23.9. The summed E-state index contributed by atoms with van der Waals surface area (Å²) in [5.74, 6) is 0. The van der Waals surface area contributed by atoms with Gasteiger partial charge in [-0.25, -0.2) is 0 Å². The van der Waals surface area contributed by atoms with Gasteiger partial charge in [0.05, 0.1) is 12.7 Å². The van der Waals surface area contributed by atoms with Crippen LogP contribution in [0.1, 0.15) is 46.5 Å². The van der Waals surface area contributed by atoms with Crippen LogP contribution >= 0.6 is 0 Å². The van der Waals surface area contributed by atoms with E-state index in [2.05, 4.69) is 49.9 Å². The first-order valence-electron chi connectivity index (χ1n) is 7.55. The lowest BCUT2D eigenvalue weighted by molar-refractivity contribution is -0.000249. The number of ether oxygens (including phenoxy) is 1. The summed E-state index contributed by atoms with van der Waals surface area (Å²) in [6.45, 7) is 11.0. The second-order valence-electron chi connectivity index (χ2n) is 6.76. The van der Waals surface area contributed by atoms with Crippen LogP contribution in [0.5, 0.6) is 0 Å². The first kappa shape index (κ1) is 17.1. The average Bonchev–Trinajstić information content (AvgIpc) is 2.32. The Morgan fingerprint density at radius 2 is 2.10 bits per heavy atom. The molecule has 0 spiro atoms. The van der Waals surface area contributed by atoms with Gasteiger partial charge in [-0.3, -0.25) is 4.99 Å². The molecule has 114 valence electrons. The lowest BCUT2D eigenvalue weighted by Gasteiger charge is -2.34. The fourth-order valence-electron chi connectivity index (χ4n) is 2.16. The summed E-state index contributed by atoms with van der Waals surface area (Å²) in [7, 11) is 2.01. The number of nitrogens with zero attached hydrogens (tertiary/aromatic N) is 1. The standard InChI is InChI=1S/C17H30N2O/c1-17(2,3)9-8-14(13-18-4)7-6-10-20-16-11-15(12-16)19-5/h6-7,13,15-16,19H,4,8-12H2,1-3,5H3/b7-6-,14-13+/t15-,16+. The Bertz CT molecular complexity index is 346. The van der Waals surface area contributed by atoms with E-state index in [0.29, 0.717) is 24.2 Å². The van der Waals surface area contributed by atoms with Crippen molar-refractivity contribution in [2.75, 3.05) is 13.7 Å². The molecule has 1 N–H and O–H groups in total. The third-order valence-corrected chi connectivity index (χ3v) is 3.68.